The minimum Gasteiger partial charge on any atom is -0.497 e. The van der Waals surface area contributed by atoms with E-state index in [1.54, 1.807) is 7.11 Å². The first-order valence-corrected chi connectivity index (χ1v) is 9.34. The van der Waals surface area contributed by atoms with Crippen molar-refractivity contribution in [2.45, 2.75) is 52.1 Å². The summed E-state index contributed by atoms with van der Waals surface area (Å²) < 4.78 is 5.30. The smallest absolute Gasteiger partial charge is 0.118 e. The molecule has 1 heterocycles. The van der Waals surface area contributed by atoms with Crippen LogP contribution < -0.4 is 4.74 Å². The summed E-state index contributed by atoms with van der Waals surface area (Å²) in [5.74, 6) is 1.38. The number of nitrogens with zero attached hydrogens (tertiary/aromatic N) is 1. The maximum absolute atomic E-state index is 5.30. The van der Waals surface area contributed by atoms with Gasteiger partial charge in [0.25, 0.3) is 0 Å². The second-order valence-electron chi connectivity index (χ2n) is 6.56. The number of hydrogen-bond acceptors (Lipinski definition) is 3. The molecule has 0 aliphatic rings. The van der Waals surface area contributed by atoms with E-state index in [0.29, 0.717) is 18.0 Å². The number of methoxy groups -OCH3 is 1. The molecular formula is C20H30ClNOS. The molecule has 134 valence electrons. The van der Waals surface area contributed by atoms with E-state index in [9.17, 15) is 0 Å². The minimum atomic E-state index is 0. The van der Waals surface area contributed by atoms with Crippen LogP contribution in [0.3, 0.4) is 0 Å². The third kappa shape index (κ3) is 5.51. The Bertz CT molecular complexity index is 558. The summed E-state index contributed by atoms with van der Waals surface area (Å²) in [5.41, 5.74) is 1.38. The molecule has 2 nitrogen and oxygen atoms in total. The van der Waals surface area contributed by atoms with Gasteiger partial charge in [-0.3, -0.25) is 4.90 Å². The van der Waals surface area contributed by atoms with Gasteiger partial charge < -0.3 is 4.74 Å². The Hall–Kier alpha value is -1.03. The van der Waals surface area contributed by atoms with Crippen LogP contribution in [0.2, 0.25) is 0 Å². The highest BCUT2D eigenvalue weighted by atomic mass is 35.5. The molecule has 0 aliphatic heterocycles. The lowest BCUT2D eigenvalue weighted by molar-refractivity contribution is 0.171. The zero-order valence-corrected chi connectivity index (χ0v) is 17.0. The maximum Gasteiger partial charge on any atom is 0.118 e. The monoisotopic (exact) mass is 367 g/mol. The van der Waals surface area contributed by atoms with E-state index in [1.165, 1.54) is 10.4 Å². The standard InChI is InChI=1S/C20H29NOS.ClH/c1-15(2)21(16(3)4)13-12-19(20-7-6-14-23-20)17-8-10-18(22-5)11-9-17;/h6-11,14-16,19H,12-13H2,1-5H3;1H. The van der Waals surface area contributed by atoms with Gasteiger partial charge in [0.15, 0.2) is 0 Å². The fraction of sp³-hybridized carbons (Fsp3) is 0.500. The summed E-state index contributed by atoms with van der Waals surface area (Å²) in [6.07, 6.45) is 1.14. The largest absolute Gasteiger partial charge is 0.497 e. The average molecular weight is 368 g/mol. The highest BCUT2D eigenvalue weighted by molar-refractivity contribution is 7.10. The van der Waals surface area contributed by atoms with Crippen molar-refractivity contribution in [2.24, 2.45) is 0 Å². The highest BCUT2D eigenvalue weighted by Crippen LogP contribution is 2.32. The van der Waals surface area contributed by atoms with Gasteiger partial charge in [-0.2, -0.15) is 0 Å². The summed E-state index contributed by atoms with van der Waals surface area (Å²) in [6.45, 7) is 10.3. The Balaban J connectivity index is 0.00000288. The van der Waals surface area contributed by atoms with Crippen LogP contribution in [0.25, 0.3) is 0 Å². The Morgan fingerprint density at radius 3 is 2.08 bits per heavy atom. The molecule has 0 amide bonds. The van der Waals surface area contributed by atoms with Gasteiger partial charge in [-0.1, -0.05) is 18.2 Å². The molecule has 4 heteroatoms. The number of ether oxygens (including phenoxy) is 1. The van der Waals surface area contributed by atoms with Crippen molar-refractivity contribution in [3.05, 3.63) is 52.2 Å². The van der Waals surface area contributed by atoms with Crippen molar-refractivity contribution in [1.82, 2.24) is 4.90 Å². The predicted molar refractivity (Wildman–Crippen MR) is 108 cm³/mol. The fourth-order valence-corrected chi connectivity index (χ4v) is 4.08. The molecule has 1 aromatic heterocycles. The van der Waals surface area contributed by atoms with E-state index in [0.717, 1.165) is 18.7 Å². The first-order chi connectivity index (χ1) is 11.0. The van der Waals surface area contributed by atoms with Crippen LogP contribution in [-0.4, -0.2) is 30.6 Å². The van der Waals surface area contributed by atoms with Crippen molar-refractivity contribution in [3.8, 4) is 5.75 Å². The Morgan fingerprint density at radius 1 is 1.00 bits per heavy atom. The summed E-state index contributed by atoms with van der Waals surface area (Å²) in [5, 5.41) is 2.18. The van der Waals surface area contributed by atoms with Crippen LogP contribution in [0, 0.1) is 0 Å². The van der Waals surface area contributed by atoms with Gasteiger partial charge in [0.2, 0.25) is 0 Å². The van der Waals surface area contributed by atoms with Crippen LogP contribution >= 0.6 is 23.7 Å². The molecular weight excluding hydrogens is 338 g/mol. The van der Waals surface area contributed by atoms with Crippen LogP contribution in [0.15, 0.2) is 41.8 Å². The molecule has 0 radical (unpaired) electrons. The van der Waals surface area contributed by atoms with Crippen molar-refractivity contribution >= 4 is 23.7 Å². The quantitative estimate of drug-likeness (QED) is 0.582. The summed E-state index contributed by atoms with van der Waals surface area (Å²) in [7, 11) is 1.72. The number of thiophene rings is 1. The number of hydrogen-bond donors (Lipinski definition) is 0. The van der Waals surface area contributed by atoms with Crippen molar-refractivity contribution in [1.29, 1.82) is 0 Å². The topological polar surface area (TPSA) is 12.5 Å². The van der Waals surface area contributed by atoms with E-state index >= 15 is 0 Å². The first kappa shape index (κ1) is 21.0. The normalized spacial score (nSPS) is 12.5. The van der Waals surface area contributed by atoms with Gasteiger partial charge in [0, 0.05) is 22.9 Å². The van der Waals surface area contributed by atoms with Crippen molar-refractivity contribution in [2.75, 3.05) is 13.7 Å². The van der Waals surface area contributed by atoms with Gasteiger partial charge in [0.05, 0.1) is 7.11 Å². The van der Waals surface area contributed by atoms with E-state index in [4.69, 9.17) is 4.74 Å². The predicted octanol–water partition coefficient (Wildman–Crippen LogP) is 5.82. The first-order valence-electron chi connectivity index (χ1n) is 8.46. The molecule has 0 bridgehead atoms. The number of benzene rings is 1. The molecule has 1 unspecified atom stereocenters. The number of rotatable bonds is 8. The van der Waals surface area contributed by atoms with Gasteiger partial charge in [-0.15, -0.1) is 23.7 Å². The Morgan fingerprint density at radius 2 is 1.62 bits per heavy atom. The van der Waals surface area contributed by atoms with Crippen LogP contribution in [0.4, 0.5) is 0 Å². The summed E-state index contributed by atoms with van der Waals surface area (Å²) in [4.78, 5) is 4.02. The average Bonchev–Trinajstić information content (AvgIpc) is 3.05. The molecule has 2 rings (SSSR count). The van der Waals surface area contributed by atoms with E-state index in [-0.39, 0.29) is 12.4 Å². The second kappa shape index (κ2) is 10.1. The molecule has 0 aliphatic carbocycles. The molecule has 24 heavy (non-hydrogen) atoms. The third-order valence-electron chi connectivity index (χ3n) is 4.41. The van der Waals surface area contributed by atoms with Crippen molar-refractivity contribution in [3.63, 3.8) is 0 Å². The van der Waals surface area contributed by atoms with Crippen LogP contribution in [0.5, 0.6) is 5.75 Å². The second-order valence-corrected chi connectivity index (χ2v) is 7.53. The summed E-state index contributed by atoms with van der Waals surface area (Å²) >= 11 is 1.85. The third-order valence-corrected chi connectivity index (χ3v) is 5.39. The lowest BCUT2D eigenvalue weighted by atomic mass is 9.93. The molecule has 0 fully saturated rings. The molecule has 0 saturated heterocycles. The highest BCUT2D eigenvalue weighted by Gasteiger charge is 2.19. The fourth-order valence-electron chi connectivity index (χ4n) is 3.19. The van der Waals surface area contributed by atoms with Gasteiger partial charge in [-0.25, -0.2) is 0 Å². The van der Waals surface area contributed by atoms with E-state index in [2.05, 4.69) is 74.4 Å². The molecule has 0 saturated carbocycles. The SMILES string of the molecule is COc1ccc(C(CCN(C(C)C)C(C)C)c2cccs2)cc1.Cl. The lowest BCUT2D eigenvalue weighted by Crippen LogP contribution is -2.38. The van der Waals surface area contributed by atoms with Gasteiger partial charge in [-0.05, 0) is 69.8 Å². The van der Waals surface area contributed by atoms with E-state index in [1.807, 2.05) is 11.3 Å². The number of halogens is 1. The van der Waals surface area contributed by atoms with Gasteiger partial charge in [0.1, 0.15) is 5.75 Å². The van der Waals surface area contributed by atoms with Crippen LogP contribution in [-0.2, 0) is 0 Å². The molecule has 2 aromatic rings. The maximum atomic E-state index is 5.30. The molecule has 1 aromatic carbocycles. The Kier molecular flexibility index (Phi) is 8.82. The molecule has 0 spiro atoms. The molecule has 0 N–H and O–H groups in total. The van der Waals surface area contributed by atoms with E-state index < -0.39 is 0 Å². The van der Waals surface area contributed by atoms with Gasteiger partial charge >= 0.3 is 0 Å². The zero-order valence-electron chi connectivity index (χ0n) is 15.4. The minimum absolute atomic E-state index is 0. The zero-order chi connectivity index (χ0) is 16.8. The molecule has 1 atom stereocenters. The van der Waals surface area contributed by atoms with Crippen LogP contribution in [0.1, 0.15) is 50.5 Å². The summed E-state index contributed by atoms with van der Waals surface area (Å²) in [6, 6.07) is 14.1. The lowest BCUT2D eigenvalue weighted by Gasteiger charge is -2.32. The van der Waals surface area contributed by atoms with Crippen molar-refractivity contribution < 1.29 is 4.74 Å². The Labute approximate surface area is 157 Å².